The van der Waals surface area contributed by atoms with Crippen LogP contribution in [-0.4, -0.2) is 14.8 Å². The van der Waals surface area contributed by atoms with E-state index >= 15 is 0 Å². The number of hydrogen-bond acceptors (Lipinski definition) is 2. The monoisotopic (exact) mass is 295 g/mol. The molecule has 8 heteroatoms. The smallest absolute Gasteiger partial charge is 0.235 e. The van der Waals surface area contributed by atoms with E-state index in [2.05, 4.69) is 10.1 Å². The molecule has 0 aliphatic rings. The quantitative estimate of drug-likeness (QED) is 0.791. The third kappa shape index (κ3) is 2.59. The lowest BCUT2D eigenvalue weighted by Crippen LogP contribution is -2.08. The molecule has 0 spiro atoms. The zero-order chi connectivity index (χ0) is 13.3. The highest BCUT2D eigenvalue weighted by atomic mass is 35.5. The second-order valence-electron chi connectivity index (χ2n) is 3.43. The number of nitrogens with zero attached hydrogens (tertiary/aromatic N) is 3. The Hall–Kier alpha value is -1.27. The summed E-state index contributed by atoms with van der Waals surface area (Å²) in [6, 6.07) is 2.39. The number of rotatable bonds is 2. The summed E-state index contributed by atoms with van der Waals surface area (Å²) in [7, 11) is 0. The average Bonchev–Trinajstić information content (AvgIpc) is 2.77. The van der Waals surface area contributed by atoms with Gasteiger partial charge < -0.3 is 0 Å². The van der Waals surface area contributed by atoms with Crippen LogP contribution in [0.4, 0.5) is 13.2 Å². The fourth-order valence-electron chi connectivity index (χ4n) is 1.31. The summed E-state index contributed by atoms with van der Waals surface area (Å²) >= 11 is 11.5. The van der Waals surface area contributed by atoms with Gasteiger partial charge in [-0.15, -0.1) is 11.6 Å². The van der Waals surface area contributed by atoms with Crippen LogP contribution in [0.3, 0.4) is 0 Å². The van der Waals surface area contributed by atoms with Crippen LogP contribution in [0.2, 0.25) is 5.02 Å². The molecule has 0 fully saturated rings. The zero-order valence-electron chi connectivity index (χ0n) is 8.75. The Balaban J connectivity index is 2.40. The van der Waals surface area contributed by atoms with Crippen molar-refractivity contribution in [2.45, 2.75) is 12.1 Å². The van der Waals surface area contributed by atoms with Crippen LogP contribution >= 0.6 is 23.2 Å². The highest BCUT2D eigenvalue weighted by molar-refractivity contribution is 6.32. The lowest BCUT2D eigenvalue weighted by atomic mass is 10.3. The first-order valence-corrected chi connectivity index (χ1v) is 5.66. The highest BCUT2D eigenvalue weighted by Crippen LogP contribution is 2.28. The molecule has 0 bridgehead atoms. The van der Waals surface area contributed by atoms with Gasteiger partial charge in [0.1, 0.15) is 0 Å². The number of aromatic nitrogens is 3. The Morgan fingerprint density at radius 1 is 1.33 bits per heavy atom. The Labute approximate surface area is 110 Å². The highest BCUT2D eigenvalue weighted by Gasteiger charge is 2.33. The van der Waals surface area contributed by atoms with Crippen LogP contribution in [-0.2, 0) is 12.1 Å². The van der Waals surface area contributed by atoms with Crippen LogP contribution in [0.15, 0.2) is 24.5 Å². The van der Waals surface area contributed by atoms with Crippen LogP contribution in [0.1, 0.15) is 11.3 Å². The Morgan fingerprint density at radius 3 is 2.56 bits per heavy atom. The van der Waals surface area contributed by atoms with Crippen molar-refractivity contribution in [2.75, 3.05) is 0 Å². The first-order valence-electron chi connectivity index (χ1n) is 4.75. The number of halogens is 5. The average molecular weight is 296 g/mol. The van der Waals surface area contributed by atoms with Crippen LogP contribution in [0.5, 0.6) is 0 Å². The molecule has 96 valence electrons. The molecule has 0 aliphatic carbocycles. The molecule has 0 aromatic carbocycles. The van der Waals surface area contributed by atoms with E-state index in [0.29, 0.717) is 5.56 Å². The largest absolute Gasteiger partial charge is 0.435 e. The van der Waals surface area contributed by atoms with Crippen LogP contribution in [0, 0.1) is 0 Å². The fourth-order valence-corrected chi connectivity index (χ4v) is 1.73. The molecule has 2 aromatic rings. The van der Waals surface area contributed by atoms with Crippen molar-refractivity contribution in [2.24, 2.45) is 0 Å². The summed E-state index contributed by atoms with van der Waals surface area (Å²) in [5.74, 6) is 0.348. The summed E-state index contributed by atoms with van der Waals surface area (Å²) in [4.78, 5) is 3.93. The minimum absolute atomic E-state index is 0.126. The summed E-state index contributed by atoms with van der Waals surface area (Å²) in [6.07, 6.45) is -1.91. The van der Waals surface area contributed by atoms with E-state index in [1.807, 2.05) is 0 Å². The maximum absolute atomic E-state index is 12.4. The molecule has 2 rings (SSSR count). The molecule has 0 radical (unpaired) electrons. The van der Waals surface area contributed by atoms with E-state index in [9.17, 15) is 13.2 Å². The molecule has 18 heavy (non-hydrogen) atoms. The number of pyridine rings is 1. The van der Waals surface area contributed by atoms with Crippen molar-refractivity contribution in [3.05, 3.63) is 40.8 Å². The normalized spacial score (nSPS) is 11.8. The van der Waals surface area contributed by atoms with E-state index < -0.39 is 11.9 Å². The molecule has 3 nitrogen and oxygen atoms in total. The van der Waals surface area contributed by atoms with Crippen molar-refractivity contribution in [1.29, 1.82) is 0 Å². The molecule has 0 aliphatic heterocycles. The summed E-state index contributed by atoms with van der Waals surface area (Å²) in [6.45, 7) is 0. The first-order chi connectivity index (χ1) is 8.41. The van der Waals surface area contributed by atoms with Crippen molar-refractivity contribution >= 4 is 23.2 Å². The molecule has 0 N–H and O–H groups in total. The van der Waals surface area contributed by atoms with E-state index in [1.165, 1.54) is 12.3 Å². The SMILES string of the molecule is FC(F)(F)c1ccn(-c2ncc(CCl)cc2Cl)n1. The van der Waals surface area contributed by atoms with Crippen molar-refractivity contribution in [1.82, 2.24) is 14.8 Å². The third-order valence-electron chi connectivity index (χ3n) is 2.13. The van der Waals surface area contributed by atoms with Gasteiger partial charge in [0, 0.05) is 18.3 Å². The standard InChI is InChI=1S/C10H6Cl2F3N3/c11-4-6-3-7(12)9(16-5-6)18-2-1-8(17-18)10(13,14)15/h1-3,5H,4H2. The minimum Gasteiger partial charge on any atom is -0.235 e. The minimum atomic E-state index is -4.49. The Morgan fingerprint density at radius 2 is 2.06 bits per heavy atom. The molecule has 0 atom stereocenters. The molecule has 0 amide bonds. The van der Waals surface area contributed by atoms with Gasteiger partial charge in [-0.25, -0.2) is 9.67 Å². The molecular formula is C10H6Cl2F3N3. The molecular weight excluding hydrogens is 290 g/mol. The maximum Gasteiger partial charge on any atom is 0.435 e. The van der Waals surface area contributed by atoms with Crippen LogP contribution < -0.4 is 0 Å². The Bertz CT molecular complexity index is 566. The van der Waals surface area contributed by atoms with Gasteiger partial charge in [0.05, 0.1) is 5.02 Å². The molecule has 0 unspecified atom stereocenters. The van der Waals surface area contributed by atoms with Gasteiger partial charge in [0.15, 0.2) is 11.5 Å². The van der Waals surface area contributed by atoms with Gasteiger partial charge in [0.25, 0.3) is 0 Å². The van der Waals surface area contributed by atoms with Gasteiger partial charge >= 0.3 is 6.18 Å². The summed E-state index contributed by atoms with van der Waals surface area (Å²) in [5.41, 5.74) is -0.324. The summed E-state index contributed by atoms with van der Waals surface area (Å²) in [5, 5.41) is 3.56. The fraction of sp³-hybridized carbons (Fsp3) is 0.200. The van der Waals surface area contributed by atoms with Crippen molar-refractivity contribution in [3.63, 3.8) is 0 Å². The van der Waals surface area contributed by atoms with E-state index in [-0.39, 0.29) is 16.7 Å². The predicted octanol–water partition coefficient (Wildman–Crippen LogP) is 3.68. The summed E-state index contributed by atoms with van der Waals surface area (Å²) < 4.78 is 38.1. The lowest BCUT2D eigenvalue weighted by molar-refractivity contribution is -0.141. The van der Waals surface area contributed by atoms with E-state index in [1.54, 1.807) is 0 Å². The van der Waals surface area contributed by atoms with Crippen molar-refractivity contribution in [3.8, 4) is 5.82 Å². The van der Waals surface area contributed by atoms with E-state index in [4.69, 9.17) is 23.2 Å². The lowest BCUT2D eigenvalue weighted by Gasteiger charge is -2.05. The second-order valence-corrected chi connectivity index (χ2v) is 4.10. The Kier molecular flexibility index (Phi) is 3.49. The predicted molar refractivity (Wildman–Crippen MR) is 60.9 cm³/mol. The maximum atomic E-state index is 12.4. The number of hydrogen-bond donors (Lipinski definition) is 0. The molecule has 0 saturated heterocycles. The zero-order valence-corrected chi connectivity index (χ0v) is 10.3. The van der Waals surface area contributed by atoms with Gasteiger partial charge in [-0.2, -0.15) is 18.3 Å². The van der Waals surface area contributed by atoms with E-state index in [0.717, 1.165) is 16.9 Å². The molecule has 2 heterocycles. The van der Waals surface area contributed by atoms with Gasteiger partial charge in [-0.1, -0.05) is 11.6 Å². The van der Waals surface area contributed by atoms with Crippen molar-refractivity contribution < 1.29 is 13.2 Å². The number of alkyl halides is 4. The third-order valence-corrected chi connectivity index (χ3v) is 2.72. The van der Waals surface area contributed by atoms with Gasteiger partial charge in [-0.3, -0.25) is 0 Å². The molecule has 2 aromatic heterocycles. The van der Waals surface area contributed by atoms with Crippen LogP contribution in [0.25, 0.3) is 5.82 Å². The van der Waals surface area contributed by atoms with Gasteiger partial charge in [0.2, 0.25) is 0 Å². The topological polar surface area (TPSA) is 30.7 Å². The van der Waals surface area contributed by atoms with Gasteiger partial charge in [-0.05, 0) is 17.7 Å². The first kappa shape index (κ1) is 13.2. The molecule has 0 saturated carbocycles. The second kappa shape index (κ2) is 4.78.